The predicted octanol–water partition coefficient (Wildman–Crippen LogP) is 13.1. The maximum Gasteiger partial charge on any atom is 0.160 e. The number of furan rings is 1. The minimum Gasteiger partial charge on any atom is -0.456 e. The third kappa shape index (κ3) is 4.97. The average Bonchev–Trinajstić information content (AvgIpc) is 3.76. The second-order valence-electron chi connectivity index (χ2n) is 12.6. The minimum atomic E-state index is 0.673. The van der Waals surface area contributed by atoms with E-state index >= 15 is 0 Å². The van der Waals surface area contributed by atoms with Crippen LogP contribution in [0, 0.1) is 0 Å². The highest BCUT2D eigenvalue weighted by Gasteiger charge is 2.16. The first kappa shape index (κ1) is 28.6. The van der Waals surface area contributed by atoms with Gasteiger partial charge >= 0.3 is 0 Å². The molecule has 0 spiro atoms. The van der Waals surface area contributed by atoms with Crippen molar-refractivity contribution in [3.05, 3.63) is 170 Å². The van der Waals surface area contributed by atoms with Crippen LogP contribution in [0.1, 0.15) is 0 Å². The van der Waals surface area contributed by atoms with Gasteiger partial charge in [0.1, 0.15) is 11.2 Å². The van der Waals surface area contributed by atoms with E-state index in [0.29, 0.717) is 5.82 Å². The van der Waals surface area contributed by atoms with Gasteiger partial charge in [-0.15, -0.1) is 11.3 Å². The molecule has 0 bridgehead atoms. The normalized spacial score (nSPS) is 11.6. The highest BCUT2D eigenvalue weighted by molar-refractivity contribution is 7.25. The van der Waals surface area contributed by atoms with Crippen molar-refractivity contribution in [1.29, 1.82) is 0 Å². The number of rotatable bonds is 5. The molecule has 234 valence electrons. The Labute approximate surface area is 292 Å². The van der Waals surface area contributed by atoms with Crippen molar-refractivity contribution in [2.75, 3.05) is 0 Å². The summed E-state index contributed by atoms with van der Waals surface area (Å²) in [6, 6.07) is 59.8. The Kier molecular flexibility index (Phi) is 6.68. The molecule has 0 radical (unpaired) electrons. The summed E-state index contributed by atoms with van der Waals surface area (Å²) in [6.45, 7) is 0. The summed E-state index contributed by atoms with van der Waals surface area (Å²) < 4.78 is 8.75. The molecule has 0 fully saturated rings. The topological polar surface area (TPSA) is 38.9 Å². The minimum absolute atomic E-state index is 0.673. The fourth-order valence-corrected chi connectivity index (χ4v) is 8.08. The van der Waals surface area contributed by atoms with E-state index in [1.54, 1.807) is 0 Å². The van der Waals surface area contributed by atoms with Crippen molar-refractivity contribution in [1.82, 2.24) is 9.97 Å². The number of benzene rings is 7. The number of para-hydroxylation sites is 1. The SMILES string of the molecule is c1ccc(-c2cc(-c3ccc4sc5ccccc5c4c3)cc(-c3cc(-c4ccccc4)nc(-c4ccc5oc6ccccc6c5c4)n3)c2)cc1. The van der Waals surface area contributed by atoms with Gasteiger partial charge in [0.05, 0.1) is 11.4 Å². The summed E-state index contributed by atoms with van der Waals surface area (Å²) in [5.74, 6) is 0.673. The summed E-state index contributed by atoms with van der Waals surface area (Å²) >= 11 is 1.84. The van der Waals surface area contributed by atoms with Gasteiger partial charge in [-0.2, -0.15) is 0 Å². The van der Waals surface area contributed by atoms with Gasteiger partial charge in [0.15, 0.2) is 5.82 Å². The number of aromatic nitrogens is 2. The molecule has 0 atom stereocenters. The molecule has 0 saturated heterocycles. The molecule has 7 aromatic carbocycles. The van der Waals surface area contributed by atoms with Crippen molar-refractivity contribution in [3.63, 3.8) is 0 Å². The molecule has 0 aliphatic rings. The number of hydrogen-bond acceptors (Lipinski definition) is 4. The van der Waals surface area contributed by atoms with Crippen LogP contribution >= 0.6 is 11.3 Å². The van der Waals surface area contributed by atoms with Crippen molar-refractivity contribution in [3.8, 4) is 56.2 Å². The van der Waals surface area contributed by atoms with Crippen molar-refractivity contribution >= 4 is 53.4 Å². The Morgan fingerprint density at radius 1 is 0.340 bits per heavy atom. The number of hydrogen-bond donors (Lipinski definition) is 0. The summed E-state index contributed by atoms with van der Waals surface area (Å²) in [5, 5.41) is 4.72. The molecule has 0 unspecified atom stereocenters. The lowest BCUT2D eigenvalue weighted by Gasteiger charge is -2.13. The zero-order valence-corrected chi connectivity index (χ0v) is 27.7. The van der Waals surface area contributed by atoms with Crippen LogP contribution in [0.15, 0.2) is 174 Å². The van der Waals surface area contributed by atoms with Gasteiger partial charge < -0.3 is 4.42 Å². The summed E-state index contributed by atoms with van der Waals surface area (Å²) in [5.41, 5.74) is 11.1. The molecule has 10 rings (SSSR count). The molecule has 0 aliphatic carbocycles. The van der Waals surface area contributed by atoms with Crippen LogP contribution < -0.4 is 0 Å². The first-order valence-corrected chi connectivity index (χ1v) is 17.5. The first-order chi connectivity index (χ1) is 24.7. The van der Waals surface area contributed by atoms with E-state index in [1.165, 1.54) is 25.7 Å². The number of fused-ring (bicyclic) bond motifs is 6. The largest absolute Gasteiger partial charge is 0.456 e. The van der Waals surface area contributed by atoms with Gasteiger partial charge in [-0.05, 0) is 89.0 Å². The standard InChI is InChI=1S/C46H28N2OS/c1-3-11-29(12-4-1)33-23-34(31-20-22-45-39(26-31)37-16-8-10-18-44(37)50-45)25-35(24-33)41-28-40(30-13-5-2-6-14-30)47-46(48-41)32-19-21-43-38(27-32)36-15-7-9-17-42(36)49-43/h1-28H. The molecule has 3 heterocycles. The fraction of sp³-hybridized carbons (Fsp3) is 0. The van der Waals surface area contributed by atoms with Gasteiger partial charge in [-0.3, -0.25) is 0 Å². The fourth-order valence-electron chi connectivity index (χ4n) is 6.99. The molecule has 0 aliphatic heterocycles. The lowest BCUT2D eigenvalue weighted by atomic mass is 9.94. The summed E-state index contributed by atoms with van der Waals surface area (Å²) in [4.78, 5) is 10.4. The molecule has 10 aromatic rings. The number of nitrogens with zero attached hydrogens (tertiary/aromatic N) is 2. The first-order valence-electron chi connectivity index (χ1n) is 16.7. The van der Waals surface area contributed by atoms with E-state index in [9.17, 15) is 0 Å². The molecule has 0 saturated carbocycles. The second-order valence-corrected chi connectivity index (χ2v) is 13.7. The van der Waals surface area contributed by atoms with Crippen molar-refractivity contribution < 1.29 is 4.42 Å². The van der Waals surface area contributed by atoms with E-state index < -0.39 is 0 Å². The van der Waals surface area contributed by atoms with Crippen LogP contribution in [0.4, 0.5) is 0 Å². The molecule has 0 N–H and O–H groups in total. The Morgan fingerprint density at radius 2 is 0.920 bits per heavy atom. The average molecular weight is 657 g/mol. The van der Waals surface area contributed by atoms with E-state index in [2.05, 4.69) is 140 Å². The molecule has 3 aromatic heterocycles. The van der Waals surface area contributed by atoms with Crippen LogP contribution in [-0.4, -0.2) is 9.97 Å². The van der Waals surface area contributed by atoms with Crippen molar-refractivity contribution in [2.45, 2.75) is 0 Å². The Hall–Kier alpha value is -6.36. The lowest BCUT2D eigenvalue weighted by Crippen LogP contribution is -1.96. The van der Waals surface area contributed by atoms with E-state index in [1.807, 2.05) is 41.7 Å². The molecule has 50 heavy (non-hydrogen) atoms. The zero-order chi connectivity index (χ0) is 33.0. The Morgan fingerprint density at radius 3 is 1.74 bits per heavy atom. The van der Waals surface area contributed by atoms with E-state index in [-0.39, 0.29) is 0 Å². The van der Waals surface area contributed by atoms with E-state index in [0.717, 1.165) is 66.7 Å². The van der Waals surface area contributed by atoms with Crippen LogP contribution in [0.5, 0.6) is 0 Å². The molecular formula is C46H28N2OS. The number of thiophene rings is 1. The maximum absolute atomic E-state index is 6.14. The maximum atomic E-state index is 6.14. The molecule has 4 heteroatoms. The van der Waals surface area contributed by atoms with Gasteiger partial charge in [0.25, 0.3) is 0 Å². The highest BCUT2D eigenvalue weighted by Crippen LogP contribution is 2.39. The van der Waals surface area contributed by atoms with Crippen LogP contribution in [0.2, 0.25) is 0 Å². The van der Waals surface area contributed by atoms with Gasteiger partial charge in [-0.1, -0.05) is 103 Å². The molecule has 3 nitrogen and oxygen atoms in total. The third-order valence-corrected chi connectivity index (χ3v) is 10.6. The van der Waals surface area contributed by atoms with Gasteiger partial charge in [0, 0.05) is 47.6 Å². The Balaban J connectivity index is 1.19. The van der Waals surface area contributed by atoms with Crippen LogP contribution in [-0.2, 0) is 0 Å². The van der Waals surface area contributed by atoms with E-state index in [4.69, 9.17) is 14.4 Å². The smallest absolute Gasteiger partial charge is 0.160 e. The predicted molar refractivity (Wildman–Crippen MR) is 209 cm³/mol. The summed E-state index contributed by atoms with van der Waals surface area (Å²) in [6.07, 6.45) is 0. The Bertz CT molecular complexity index is 2670. The third-order valence-electron chi connectivity index (χ3n) is 9.48. The van der Waals surface area contributed by atoms with Gasteiger partial charge in [0.2, 0.25) is 0 Å². The van der Waals surface area contributed by atoms with Gasteiger partial charge in [-0.25, -0.2) is 9.97 Å². The van der Waals surface area contributed by atoms with Crippen molar-refractivity contribution in [2.24, 2.45) is 0 Å². The quantitative estimate of drug-likeness (QED) is 0.185. The monoisotopic (exact) mass is 656 g/mol. The van der Waals surface area contributed by atoms with Crippen LogP contribution in [0.25, 0.3) is 98.3 Å². The summed E-state index contributed by atoms with van der Waals surface area (Å²) in [7, 11) is 0. The highest BCUT2D eigenvalue weighted by atomic mass is 32.1. The zero-order valence-electron chi connectivity index (χ0n) is 26.9. The second kappa shape index (κ2) is 11.7. The lowest BCUT2D eigenvalue weighted by molar-refractivity contribution is 0.669. The molecular weight excluding hydrogens is 629 g/mol. The molecule has 0 amide bonds. The van der Waals surface area contributed by atoms with Crippen LogP contribution in [0.3, 0.4) is 0 Å².